The Balaban J connectivity index is 1.62. The number of carboxylic acid groups (broad SMARTS) is 1. The van der Waals surface area contributed by atoms with Crippen LogP contribution < -0.4 is 10.6 Å². The lowest BCUT2D eigenvalue weighted by Crippen LogP contribution is -2.47. The fourth-order valence-electron chi connectivity index (χ4n) is 4.79. The van der Waals surface area contributed by atoms with Crippen LogP contribution in [0.15, 0.2) is 42.5 Å². The summed E-state index contributed by atoms with van der Waals surface area (Å²) in [5.41, 5.74) is 1.34. The predicted octanol–water partition coefficient (Wildman–Crippen LogP) is 6.27. The SMILES string of the molecule is CS(=O)CCCCC1(C(=S)NC(Cc2ccc(NC(=O)c3c(Cl)cccc3Cl)cc2)C(=O)O)CCCC1. The van der Waals surface area contributed by atoms with Gasteiger partial charge in [0, 0.05) is 40.3 Å². The van der Waals surface area contributed by atoms with E-state index >= 15 is 0 Å². The predicted molar refractivity (Wildman–Crippen MR) is 155 cm³/mol. The second-order valence-corrected chi connectivity index (χ2v) is 12.3. The van der Waals surface area contributed by atoms with Crippen molar-refractivity contribution in [2.75, 3.05) is 17.3 Å². The minimum Gasteiger partial charge on any atom is -0.480 e. The van der Waals surface area contributed by atoms with Crippen molar-refractivity contribution < 1.29 is 18.9 Å². The number of carbonyl (C=O) groups is 2. The molecule has 1 aliphatic carbocycles. The van der Waals surface area contributed by atoms with Gasteiger partial charge in [-0.05, 0) is 55.5 Å². The van der Waals surface area contributed by atoms with Gasteiger partial charge in [-0.15, -0.1) is 0 Å². The maximum Gasteiger partial charge on any atom is 0.326 e. The highest BCUT2D eigenvalue weighted by Gasteiger charge is 2.39. The third-order valence-electron chi connectivity index (χ3n) is 6.82. The molecule has 2 atom stereocenters. The van der Waals surface area contributed by atoms with Gasteiger partial charge in [-0.25, -0.2) is 4.79 Å². The van der Waals surface area contributed by atoms with Gasteiger partial charge in [-0.2, -0.15) is 0 Å². The Kier molecular flexibility index (Phi) is 10.9. The van der Waals surface area contributed by atoms with E-state index in [4.69, 9.17) is 35.4 Å². The lowest BCUT2D eigenvalue weighted by atomic mass is 9.80. The molecule has 2 unspecified atom stereocenters. The van der Waals surface area contributed by atoms with Crippen LogP contribution in [-0.2, 0) is 22.0 Å². The molecule has 1 saturated carbocycles. The Bertz CT molecular complexity index is 1130. The van der Waals surface area contributed by atoms with Gasteiger partial charge in [0.05, 0.1) is 20.6 Å². The topological polar surface area (TPSA) is 95.5 Å². The number of carbonyl (C=O) groups excluding carboxylic acids is 1. The van der Waals surface area contributed by atoms with Crippen LogP contribution in [0.25, 0.3) is 0 Å². The fourth-order valence-corrected chi connectivity index (χ4v) is 6.42. The Morgan fingerprint density at radius 3 is 2.27 bits per heavy atom. The van der Waals surface area contributed by atoms with Gasteiger partial charge in [0.15, 0.2) is 0 Å². The molecule has 2 aromatic rings. The van der Waals surface area contributed by atoms with E-state index in [1.54, 1.807) is 48.7 Å². The second kappa shape index (κ2) is 13.7. The quantitative estimate of drug-likeness (QED) is 0.202. The minimum absolute atomic E-state index is 0.188. The first-order valence-corrected chi connectivity index (χ1v) is 15.2. The third kappa shape index (κ3) is 8.24. The molecular weight excluding hydrogens is 551 g/mol. The zero-order chi connectivity index (χ0) is 27.0. The molecule has 3 N–H and O–H groups in total. The van der Waals surface area contributed by atoms with Crippen molar-refractivity contribution in [1.82, 2.24) is 5.32 Å². The molecule has 0 aromatic heterocycles. The van der Waals surface area contributed by atoms with Gasteiger partial charge < -0.3 is 15.7 Å². The highest BCUT2D eigenvalue weighted by molar-refractivity contribution is 7.84. The average molecular weight is 584 g/mol. The van der Waals surface area contributed by atoms with Gasteiger partial charge in [-0.1, -0.05) is 72.9 Å². The number of nitrogens with one attached hydrogen (secondary N) is 2. The molecule has 1 fully saturated rings. The Labute approximate surface area is 236 Å². The number of carboxylic acids is 1. The van der Waals surface area contributed by atoms with Crippen LogP contribution in [0, 0.1) is 5.41 Å². The van der Waals surface area contributed by atoms with Crippen molar-refractivity contribution in [2.24, 2.45) is 5.41 Å². The number of aliphatic carboxylic acids is 1. The first kappa shape index (κ1) is 29.6. The Hall–Kier alpha value is -2.00. The van der Waals surface area contributed by atoms with Crippen molar-refractivity contribution in [3.05, 3.63) is 63.6 Å². The number of unbranched alkanes of at least 4 members (excludes halogenated alkanes) is 1. The first-order chi connectivity index (χ1) is 17.6. The summed E-state index contributed by atoms with van der Waals surface area (Å²) in [5, 5.41) is 16.3. The molecule has 6 nitrogen and oxygen atoms in total. The summed E-state index contributed by atoms with van der Waals surface area (Å²) >= 11 is 18.0. The van der Waals surface area contributed by atoms with Crippen LogP contribution in [-0.4, -0.2) is 44.2 Å². The number of rotatable bonds is 12. The van der Waals surface area contributed by atoms with E-state index in [1.165, 1.54) is 0 Å². The summed E-state index contributed by atoms with van der Waals surface area (Å²) in [6.45, 7) is 0. The number of thiocarbonyl (C=S) groups is 1. The normalized spacial score (nSPS) is 16.1. The zero-order valence-electron chi connectivity index (χ0n) is 20.7. The molecule has 0 heterocycles. The van der Waals surface area contributed by atoms with Crippen molar-refractivity contribution in [3.63, 3.8) is 0 Å². The van der Waals surface area contributed by atoms with E-state index in [0.717, 1.165) is 50.5 Å². The zero-order valence-corrected chi connectivity index (χ0v) is 23.9. The van der Waals surface area contributed by atoms with Gasteiger partial charge in [-0.3, -0.25) is 9.00 Å². The van der Waals surface area contributed by atoms with Crippen molar-refractivity contribution >= 4 is 68.8 Å². The van der Waals surface area contributed by atoms with Crippen molar-refractivity contribution in [3.8, 4) is 0 Å². The fraction of sp³-hybridized carbons (Fsp3) is 0.444. The molecule has 37 heavy (non-hydrogen) atoms. The highest BCUT2D eigenvalue weighted by Crippen LogP contribution is 2.43. The van der Waals surface area contributed by atoms with E-state index < -0.39 is 28.7 Å². The summed E-state index contributed by atoms with van der Waals surface area (Å²) in [5.74, 6) is -0.718. The molecule has 1 aliphatic rings. The molecule has 0 bridgehead atoms. The van der Waals surface area contributed by atoms with E-state index in [1.807, 2.05) is 0 Å². The van der Waals surface area contributed by atoms with Crippen LogP contribution in [0.3, 0.4) is 0 Å². The number of hydrogen-bond donors (Lipinski definition) is 3. The van der Waals surface area contributed by atoms with Gasteiger partial charge in [0.1, 0.15) is 6.04 Å². The molecule has 200 valence electrons. The minimum atomic E-state index is -0.970. The number of amides is 1. The van der Waals surface area contributed by atoms with Crippen LogP contribution in [0.5, 0.6) is 0 Å². The number of benzene rings is 2. The van der Waals surface area contributed by atoms with Crippen LogP contribution in [0.1, 0.15) is 60.9 Å². The Morgan fingerprint density at radius 1 is 1.08 bits per heavy atom. The van der Waals surface area contributed by atoms with E-state index in [9.17, 15) is 18.9 Å². The number of hydrogen-bond acceptors (Lipinski definition) is 4. The molecule has 10 heteroatoms. The maximum atomic E-state index is 12.6. The summed E-state index contributed by atoms with van der Waals surface area (Å²) < 4.78 is 11.4. The number of halogens is 2. The largest absolute Gasteiger partial charge is 0.480 e. The molecule has 1 amide bonds. The first-order valence-electron chi connectivity index (χ1n) is 12.3. The monoisotopic (exact) mass is 582 g/mol. The summed E-state index contributed by atoms with van der Waals surface area (Å²) in [6, 6.07) is 11.0. The maximum absolute atomic E-state index is 12.6. The van der Waals surface area contributed by atoms with E-state index in [0.29, 0.717) is 16.4 Å². The molecule has 2 aromatic carbocycles. The number of anilines is 1. The summed E-state index contributed by atoms with van der Waals surface area (Å²) in [6.07, 6.45) is 8.68. The molecule has 0 radical (unpaired) electrons. The van der Waals surface area contributed by atoms with Crippen LogP contribution >= 0.6 is 35.4 Å². The van der Waals surface area contributed by atoms with Crippen LogP contribution in [0.4, 0.5) is 5.69 Å². The molecular formula is C27H32Cl2N2O4S2. The molecule has 0 saturated heterocycles. The standard InChI is InChI=1S/C27H32Cl2N2O4S2/c1-37(35)16-5-4-15-27(13-2-3-14-27)26(36)31-22(25(33)34)17-18-9-11-19(12-10-18)30-24(32)23-20(28)7-6-8-21(23)29/h6-12,22H,2-5,13-17H2,1H3,(H,30,32)(H,31,36)(H,33,34). The smallest absolute Gasteiger partial charge is 0.326 e. The van der Waals surface area contributed by atoms with E-state index in [2.05, 4.69) is 10.6 Å². The summed E-state index contributed by atoms with van der Waals surface area (Å²) in [7, 11) is -0.809. The van der Waals surface area contributed by atoms with E-state index in [-0.39, 0.29) is 27.4 Å². The van der Waals surface area contributed by atoms with Crippen molar-refractivity contribution in [2.45, 2.75) is 57.4 Å². The lowest BCUT2D eigenvalue weighted by Gasteiger charge is -2.32. The lowest BCUT2D eigenvalue weighted by molar-refractivity contribution is -0.139. The van der Waals surface area contributed by atoms with Gasteiger partial charge in [0.25, 0.3) is 5.91 Å². The second-order valence-electron chi connectivity index (χ2n) is 9.54. The molecule has 0 spiro atoms. The Morgan fingerprint density at radius 2 is 1.70 bits per heavy atom. The molecule has 0 aliphatic heterocycles. The third-order valence-corrected chi connectivity index (χ3v) is 8.87. The highest BCUT2D eigenvalue weighted by atomic mass is 35.5. The van der Waals surface area contributed by atoms with Crippen LogP contribution in [0.2, 0.25) is 10.0 Å². The summed E-state index contributed by atoms with van der Waals surface area (Å²) in [4.78, 5) is 25.3. The van der Waals surface area contributed by atoms with Gasteiger partial charge in [0.2, 0.25) is 0 Å². The molecule has 3 rings (SSSR count). The average Bonchev–Trinajstić information content (AvgIpc) is 3.32. The van der Waals surface area contributed by atoms with Crippen molar-refractivity contribution in [1.29, 1.82) is 0 Å². The van der Waals surface area contributed by atoms with Gasteiger partial charge >= 0.3 is 5.97 Å².